The van der Waals surface area contributed by atoms with Crippen LogP contribution >= 0.6 is 11.6 Å². The highest BCUT2D eigenvalue weighted by atomic mass is 35.5. The van der Waals surface area contributed by atoms with E-state index in [-0.39, 0.29) is 0 Å². The molecule has 2 heteroatoms. The topological polar surface area (TPSA) is 12.5 Å². The molecule has 3 atom stereocenters. The number of hydrogen-bond acceptors (Lipinski definition) is 1. The van der Waals surface area contributed by atoms with E-state index in [2.05, 4.69) is 26.0 Å². The lowest BCUT2D eigenvalue weighted by Crippen LogP contribution is -2.09. The fourth-order valence-corrected chi connectivity index (χ4v) is 2.24. The van der Waals surface area contributed by atoms with Crippen LogP contribution < -0.4 is 0 Å². The van der Waals surface area contributed by atoms with E-state index in [1.54, 1.807) is 0 Å². The summed E-state index contributed by atoms with van der Waals surface area (Å²) in [7, 11) is 0. The third-order valence-corrected chi connectivity index (χ3v) is 3.52. The first-order valence-corrected chi connectivity index (χ1v) is 5.86. The second-order valence-corrected chi connectivity index (χ2v) is 4.98. The molecule has 1 aliphatic heterocycles. The molecular weight excluding hydrogens is 208 g/mol. The first-order chi connectivity index (χ1) is 7.08. The Labute approximate surface area is 96.4 Å². The number of epoxide rings is 1. The minimum atomic E-state index is 0.452. The molecule has 0 aromatic heterocycles. The van der Waals surface area contributed by atoms with Gasteiger partial charge in [0.2, 0.25) is 0 Å². The molecule has 82 valence electrons. The van der Waals surface area contributed by atoms with Gasteiger partial charge >= 0.3 is 0 Å². The predicted octanol–water partition coefficient (Wildman–Crippen LogP) is 3.61. The number of ether oxygens (including phenoxy) is 1. The van der Waals surface area contributed by atoms with Gasteiger partial charge < -0.3 is 4.74 Å². The Hall–Kier alpha value is -0.530. The Balaban J connectivity index is 2.01. The summed E-state index contributed by atoms with van der Waals surface area (Å²) in [5.41, 5.74) is 2.51. The Bertz CT molecular complexity index is 362. The average molecular weight is 225 g/mol. The van der Waals surface area contributed by atoms with E-state index in [4.69, 9.17) is 16.3 Å². The molecular formula is C13H17ClO. The van der Waals surface area contributed by atoms with Crippen molar-refractivity contribution in [3.63, 3.8) is 0 Å². The van der Waals surface area contributed by atoms with E-state index >= 15 is 0 Å². The maximum atomic E-state index is 5.99. The van der Waals surface area contributed by atoms with Gasteiger partial charge in [-0.3, -0.25) is 0 Å². The lowest BCUT2D eigenvalue weighted by atomic mass is 9.96. The summed E-state index contributed by atoms with van der Waals surface area (Å²) >= 11 is 5.99. The number of rotatable bonds is 3. The van der Waals surface area contributed by atoms with Gasteiger partial charge in [0, 0.05) is 5.02 Å². The van der Waals surface area contributed by atoms with Crippen molar-refractivity contribution in [2.45, 2.75) is 39.4 Å². The molecule has 0 saturated carbocycles. The average Bonchev–Trinajstić information content (AvgIpc) is 2.89. The molecule has 0 radical (unpaired) electrons. The van der Waals surface area contributed by atoms with E-state index < -0.39 is 0 Å². The van der Waals surface area contributed by atoms with Gasteiger partial charge in [-0.25, -0.2) is 0 Å². The third-order valence-electron chi connectivity index (χ3n) is 3.10. The number of hydrogen-bond donors (Lipinski definition) is 0. The third kappa shape index (κ3) is 2.53. The van der Waals surface area contributed by atoms with Crippen molar-refractivity contribution in [1.82, 2.24) is 0 Å². The van der Waals surface area contributed by atoms with Gasteiger partial charge in [0.15, 0.2) is 0 Å². The molecule has 0 amide bonds. The van der Waals surface area contributed by atoms with Crippen molar-refractivity contribution in [2.24, 2.45) is 5.92 Å². The molecule has 2 rings (SSSR count). The SMILES string of the molecule is Cc1cc(CC(C)C2OC2C)ccc1Cl. The van der Waals surface area contributed by atoms with Gasteiger partial charge in [-0.1, -0.05) is 30.7 Å². The van der Waals surface area contributed by atoms with Crippen LogP contribution in [0.5, 0.6) is 0 Å². The summed E-state index contributed by atoms with van der Waals surface area (Å²) < 4.78 is 5.48. The van der Waals surface area contributed by atoms with Crippen LogP contribution in [-0.4, -0.2) is 12.2 Å². The van der Waals surface area contributed by atoms with Crippen LogP contribution in [0.15, 0.2) is 18.2 Å². The van der Waals surface area contributed by atoms with Gasteiger partial charge in [0.05, 0.1) is 12.2 Å². The monoisotopic (exact) mass is 224 g/mol. The van der Waals surface area contributed by atoms with E-state index in [1.165, 1.54) is 5.56 Å². The molecule has 15 heavy (non-hydrogen) atoms. The van der Waals surface area contributed by atoms with Crippen molar-refractivity contribution in [3.8, 4) is 0 Å². The Morgan fingerprint density at radius 1 is 1.47 bits per heavy atom. The summed E-state index contributed by atoms with van der Waals surface area (Å²) in [6.45, 7) is 6.43. The smallest absolute Gasteiger partial charge is 0.0867 e. The molecule has 1 saturated heterocycles. The number of aryl methyl sites for hydroxylation is 1. The minimum Gasteiger partial charge on any atom is -0.370 e. The quantitative estimate of drug-likeness (QED) is 0.715. The molecule has 0 spiro atoms. The van der Waals surface area contributed by atoms with E-state index in [1.807, 2.05) is 13.0 Å². The van der Waals surface area contributed by atoms with Crippen molar-refractivity contribution in [2.75, 3.05) is 0 Å². The molecule has 0 aliphatic carbocycles. The van der Waals surface area contributed by atoms with Crippen molar-refractivity contribution in [1.29, 1.82) is 0 Å². The Morgan fingerprint density at radius 3 is 2.67 bits per heavy atom. The molecule has 1 fully saturated rings. The van der Waals surface area contributed by atoms with Crippen molar-refractivity contribution in [3.05, 3.63) is 34.3 Å². The van der Waals surface area contributed by atoms with Gasteiger partial charge in [-0.15, -0.1) is 0 Å². The first kappa shape index (κ1) is 11.0. The molecule has 1 aliphatic rings. The van der Waals surface area contributed by atoms with Crippen LogP contribution in [0.1, 0.15) is 25.0 Å². The number of halogens is 1. The molecule has 0 N–H and O–H groups in total. The van der Waals surface area contributed by atoms with Gasteiger partial charge in [0.25, 0.3) is 0 Å². The number of benzene rings is 1. The molecule has 1 aromatic rings. The zero-order valence-corrected chi connectivity index (χ0v) is 10.2. The molecule has 1 heterocycles. The maximum absolute atomic E-state index is 5.99. The second-order valence-electron chi connectivity index (χ2n) is 4.57. The summed E-state index contributed by atoms with van der Waals surface area (Å²) in [6.07, 6.45) is 1.99. The van der Waals surface area contributed by atoms with Crippen molar-refractivity contribution < 1.29 is 4.74 Å². The predicted molar refractivity (Wildman–Crippen MR) is 63.4 cm³/mol. The van der Waals surface area contributed by atoms with Crippen LogP contribution in [0.2, 0.25) is 5.02 Å². The second kappa shape index (κ2) is 4.15. The molecule has 1 aromatic carbocycles. The van der Waals surface area contributed by atoms with E-state index in [0.29, 0.717) is 18.1 Å². The van der Waals surface area contributed by atoms with Crippen LogP contribution in [0.3, 0.4) is 0 Å². The van der Waals surface area contributed by atoms with Crippen LogP contribution in [-0.2, 0) is 11.2 Å². The normalized spacial score (nSPS) is 26.4. The summed E-state index contributed by atoms with van der Waals surface area (Å²) in [5.74, 6) is 0.598. The molecule has 3 unspecified atom stereocenters. The van der Waals surface area contributed by atoms with Crippen LogP contribution in [0, 0.1) is 12.8 Å². The Morgan fingerprint density at radius 2 is 2.13 bits per heavy atom. The largest absolute Gasteiger partial charge is 0.370 e. The highest BCUT2D eigenvalue weighted by molar-refractivity contribution is 6.31. The molecule has 0 bridgehead atoms. The van der Waals surface area contributed by atoms with Crippen LogP contribution in [0.4, 0.5) is 0 Å². The van der Waals surface area contributed by atoms with E-state index in [0.717, 1.165) is 17.0 Å². The van der Waals surface area contributed by atoms with Gasteiger partial charge in [-0.05, 0) is 43.4 Å². The van der Waals surface area contributed by atoms with Gasteiger partial charge in [0.1, 0.15) is 0 Å². The lowest BCUT2D eigenvalue weighted by molar-refractivity contribution is 0.328. The maximum Gasteiger partial charge on any atom is 0.0867 e. The summed E-state index contributed by atoms with van der Waals surface area (Å²) in [6, 6.07) is 6.26. The fraction of sp³-hybridized carbons (Fsp3) is 0.538. The lowest BCUT2D eigenvalue weighted by Gasteiger charge is -2.09. The van der Waals surface area contributed by atoms with E-state index in [9.17, 15) is 0 Å². The zero-order valence-electron chi connectivity index (χ0n) is 9.46. The first-order valence-electron chi connectivity index (χ1n) is 5.48. The Kier molecular flexibility index (Phi) is 3.03. The highest BCUT2D eigenvalue weighted by Crippen LogP contribution is 2.31. The standard InChI is InChI=1S/C13H17ClO/c1-8-6-11(4-5-12(8)14)7-9(2)13-10(3)15-13/h4-6,9-10,13H,7H2,1-3H3. The zero-order chi connectivity index (χ0) is 11.0. The van der Waals surface area contributed by atoms with Crippen molar-refractivity contribution >= 4 is 11.6 Å². The minimum absolute atomic E-state index is 0.452. The van der Waals surface area contributed by atoms with Crippen LogP contribution in [0.25, 0.3) is 0 Å². The van der Waals surface area contributed by atoms with Gasteiger partial charge in [-0.2, -0.15) is 0 Å². The highest BCUT2D eigenvalue weighted by Gasteiger charge is 2.38. The fourth-order valence-electron chi connectivity index (χ4n) is 2.12. The summed E-state index contributed by atoms with van der Waals surface area (Å²) in [5, 5.41) is 0.849. The molecule has 1 nitrogen and oxygen atoms in total. The summed E-state index contributed by atoms with van der Waals surface area (Å²) in [4.78, 5) is 0.